The van der Waals surface area contributed by atoms with E-state index in [1.54, 1.807) is 0 Å². The van der Waals surface area contributed by atoms with Gasteiger partial charge in [0.05, 0.1) is 0 Å². The SMILES string of the molecule is CC(C)C1CNCCN1C(C)c1ccccc1. The van der Waals surface area contributed by atoms with Gasteiger partial charge in [0.2, 0.25) is 0 Å². The summed E-state index contributed by atoms with van der Waals surface area (Å²) in [7, 11) is 0. The predicted octanol–water partition coefficient (Wildman–Crippen LogP) is 2.68. The van der Waals surface area contributed by atoms with E-state index in [1.165, 1.54) is 5.56 Å². The van der Waals surface area contributed by atoms with Crippen molar-refractivity contribution in [3.05, 3.63) is 35.9 Å². The second kappa shape index (κ2) is 5.65. The maximum atomic E-state index is 3.51. The Labute approximate surface area is 105 Å². The van der Waals surface area contributed by atoms with Crippen LogP contribution in [-0.4, -0.2) is 30.6 Å². The van der Waals surface area contributed by atoms with E-state index in [1.807, 2.05) is 0 Å². The summed E-state index contributed by atoms with van der Waals surface area (Å²) in [6, 6.07) is 12.0. The summed E-state index contributed by atoms with van der Waals surface area (Å²) in [5.41, 5.74) is 1.43. The van der Waals surface area contributed by atoms with E-state index in [9.17, 15) is 0 Å². The van der Waals surface area contributed by atoms with Crippen LogP contribution >= 0.6 is 0 Å². The summed E-state index contributed by atoms with van der Waals surface area (Å²) in [6.45, 7) is 10.4. The van der Waals surface area contributed by atoms with Gasteiger partial charge in [-0.05, 0) is 18.4 Å². The summed E-state index contributed by atoms with van der Waals surface area (Å²) in [5, 5.41) is 3.51. The molecule has 1 saturated heterocycles. The molecule has 1 aliphatic heterocycles. The molecule has 1 aliphatic rings. The second-order valence-electron chi connectivity index (χ2n) is 5.34. The highest BCUT2D eigenvalue weighted by Crippen LogP contribution is 2.26. The molecule has 2 heteroatoms. The molecular formula is C15H24N2. The third-order valence-corrected chi connectivity index (χ3v) is 3.88. The standard InChI is InChI=1S/C15H24N2/c1-12(2)15-11-16-9-10-17(15)13(3)14-7-5-4-6-8-14/h4-8,12-13,15-16H,9-11H2,1-3H3. The van der Waals surface area contributed by atoms with Gasteiger partial charge in [-0.15, -0.1) is 0 Å². The number of piperazine rings is 1. The first-order valence-electron chi connectivity index (χ1n) is 6.71. The number of nitrogens with zero attached hydrogens (tertiary/aromatic N) is 1. The summed E-state index contributed by atoms with van der Waals surface area (Å²) < 4.78 is 0. The van der Waals surface area contributed by atoms with Crippen molar-refractivity contribution in [3.8, 4) is 0 Å². The van der Waals surface area contributed by atoms with Crippen molar-refractivity contribution in [1.29, 1.82) is 0 Å². The van der Waals surface area contributed by atoms with Crippen molar-refractivity contribution in [2.45, 2.75) is 32.9 Å². The molecule has 0 aliphatic carbocycles. The van der Waals surface area contributed by atoms with Crippen molar-refractivity contribution in [1.82, 2.24) is 10.2 Å². The molecule has 1 fully saturated rings. The smallest absolute Gasteiger partial charge is 0.0324 e. The van der Waals surface area contributed by atoms with Crippen molar-refractivity contribution in [3.63, 3.8) is 0 Å². The van der Waals surface area contributed by atoms with E-state index < -0.39 is 0 Å². The average Bonchev–Trinajstić information content (AvgIpc) is 2.39. The van der Waals surface area contributed by atoms with Gasteiger partial charge in [-0.3, -0.25) is 4.90 Å². The van der Waals surface area contributed by atoms with Crippen LogP contribution < -0.4 is 5.32 Å². The van der Waals surface area contributed by atoms with E-state index >= 15 is 0 Å². The Morgan fingerprint density at radius 3 is 2.53 bits per heavy atom. The fraction of sp³-hybridized carbons (Fsp3) is 0.600. The van der Waals surface area contributed by atoms with Crippen LogP contribution in [0.5, 0.6) is 0 Å². The molecule has 0 saturated carbocycles. The Balaban J connectivity index is 2.14. The van der Waals surface area contributed by atoms with E-state index in [4.69, 9.17) is 0 Å². The lowest BCUT2D eigenvalue weighted by Gasteiger charge is -2.42. The fourth-order valence-electron chi connectivity index (χ4n) is 2.76. The molecule has 2 unspecified atom stereocenters. The predicted molar refractivity (Wildman–Crippen MR) is 73.1 cm³/mol. The van der Waals surface area contributed by atoms with Gasteiger partial charge in [-0.2, -0.15) is 0 Å². The van der Waals surface area contributed by atoms with Gasteiger partial charge in [0.1, 0.15) is 0 Å². The molecule has 0 bridgehead atoms. The first-order valence-corrected chi connectivity index (χ1v) is 6.71. The largest absolute Gasteiger partial charge is 0.314 e. The highest BCUT2D eigenvalue weighted by atomic mass is 15.2. The Morgan fingerprint density at radius 1 is 1.18 bits per heavy atom. The Bertz CT molecular complexity index is 334. The minimum Gasteiger partial charge on any atom is -0.314 e. The summed E-state index contributed by atoms with van der Waals surface area (Å²) >= 11 is 0. The maximum absolute atomic E-state index is 3.51. The van der Waals surface area contributed by atoms with Crippen LogP contribution in [0.4, 0.5) is 0 Å². The van der Waals surface area contributed by atoms with Crippen LogP contribution in [0.25, 0.3) is 0 Å². The maximum Gasteiger partial charge on any atom is 0.0324 e. The molecule has 2 atom stereocenters. The Morgan fingerprint density at radius 2 is 1.88 bits per heavy atom. The zero-order valence-corrected chi connectivity index (χ0v) is 11.2. The van der Waals surface area contributed by atoms with Crippen molar-refractivity contribution < 1.29 is 0 Å². The Kier molecular flexibility index (Phi) is 4.19. The van der Waals surface area contributed by atoms with Crippen LogP contribution in [0.15, 0.2) is 30.3 Å². The van der Waals surface area contributed by atoms with Gasteiger partial charge >= 0.3 is 0 Å². The summed E-state index contributed by atoms with van der Waals surface area (Å²) in [6.07, 6.45) is 0. The molecule has 2 rings (SSSR count). The molecule has 94 valence electrons. The molecule has 1 aromatic carbocycles. The third-order valence-electron chi connectivity index (χ3n) is 3.88. The number of nitrogens with one attached hydrogen (secondary N) is 1. The fourth-order valence-corrected chi connectivity index (χ4v) is 2.76. The zero-order valence-electron chi connectivity index (χ0n) is 11.2. The first-order chi connectivity index (χ1) is 8.20. The lowest BCUT2D eigenvalue weighted by atomic mass is 9.96. The molecule has 0 amide bonds. The first kappa shape index (κ1) is 12.6. The molecule has 17 heavy (non-hydrogen) atoms. The molecule has 0 spiro atoms. The van der Waals surface area contributed by atoms with Crippen LogP contribution in [0.1, 0.15) is 32.4 Å². The van der Waals surface area contributed by atoms with Gasteiger partial charge in [0.25, 0.3) is 0 Å². The van der Waals surface area contributed by atoms with E-state index in [2.05, 4.69) is 61.3 Å². The zero-order chi connectivity index (χ0) is 12.3. The topological polar surface area (TPSA) is 15.3 Å². The highest BCUT2D eigenvalue weighted by Gasteiger charge is 2.28. The van der Waals surface area contributed by atoms with Gasteiger partial charge in [0, 0.05) is 31.7 Å². The number of hydrogen-bond acceptors (Lipinski definition) is 2. The van der Waals surface area contributed by atoms with Gasteiger partial charge in [-0.1, -0.05) is 44.2 Å². The van der Waals surface area contributed by atoms with Crippen molar-refractivity contribution in [2.24, 2.45) is 5.92 Å². The average molecular weight is 232 g/mol. The minimum absolute atomic E-state index is 0.519. The monoisotopic (exact) mass is 232 g/mol. The number of rotatable bonds is 3. The van der Waals surface area contributed by atoms with Gasteiger partial charge in [-0.25, -0.2) is 0 Å². The summed E-state index contributed by atoms with van der Waals surface area (Å²) in [4.78, 5) is 2.65. The minimum atomic E-state index is 0.519. The van der Waals surface area contributed by atoms with Crippen molar-refractivity contribution >= 4 is 0 Å². The van der Waals surface area contributed by atoms with Crippen LogP contribution in [0.3, 0.4) is 0 Å². The molecule has 1 heterocycles. The van der Waals surface area contributed by atoms with E-state index in [-0.39, 0.29) is 0 Å². The summed E-state index contributed by atoms with van der Waals surface area (Å²) in [5.74, 6) is 0.703. The second-order valence-corrected chi connectivity index (χ2v) is 5.34. The van der Waals surface area contributed by atoms with Crippen molar-refractivity contribution in [2.75, 3.05) is 19.6 Å². The van der Waals surface area contributed by atoms with Crippen LogP contribution in [0, 0.1) is 5.92 Å². The van der Waals surface area contributed by atoms with Gasteiger partial charge in [0.15, 0.2) is 0 Å². The molecule has 0 aromatic heterocycles. The van der Waals surface area contributed by atoms with Gasteiger partial charge < -0.3 is 5.32 Å². The Hall–Kier alpha value is -0.860. The molecule has 2 nitrogen and oxygen atoms in total. The van der Waals surface area contributed by atoms with E-state index in [0.717, 1.165) is 19.6 Å². The lowest BCUT2D eigenvalue weighted by Crippen LogP contribution is -2.54. The quantitative estimate of drug-likeness (QED) is 0.862. The molecule has 0 radical (unpaired) electrons. The normalized spacial score (nSPS) is 23.9. The molecule has 1 N–H and O–H groups in total. The highest BCUT2D eigenvalue weighted by molar-refractivity contribution is 5.18. The molecular weight excluding hydrogens is 208 g/mol. The molecule has 1 aromatic rings. The number of hydrogen-bond donors (Lipinski definition) is 1. The van der Waals surface area contributed by atoms with Crippen LogP contribution in [-0.2, 0) is 0 Å². The van der Waals surface area contributed by atoms with Crippen LogP contribution in [0.2, 0.25) is 0 Å². The van der Waals surface area contributed by atoms with E-state index in [0.29, 0.717) is 18.0 Å². The number of benzene rings is 1. The third kappa shape index (κ3) is 2.88. The lowest BCUT2D eigenvalue weighted by molar-refractivity contribution is 0.0844.